The Morgan fingerprint density at radius 2 is 1.53 bits per heavy atom. The summed E-state index contributed by atoms with van der Waals surface area (Å²) < 4.78 is 10.6. The molecular formula is C23H25N3O3S. The van der Waals surface area contributed by atoms with Crippen LogP contribution >= 0.6 is 11.8 Å². The molecule has 0 atom stereocenters. The van der Waals surface area contributed by atoms with Gasteiger partial charge in [-0.25, -0.2) is 4.79 Å². The van der Waals surface area contributed by atoms with E-state index in [1.165, 1.54) is 0 Å². The van der Waals surface area contributed by atoms with Crippen LogP contribution in [0.5, 0.6) is 11.5 Å². The fourth-order valence-electron chi connectivity index (χ4n) is 2.97. The summed E-state index contributed by atoms with van der Waals surface area (Å²) in [7, 11) is 3.29. The number of amides is 2. The third kappa shape index (κ3) is 5.45. The summed E-state index contributed by atoms with van der Waals surface area (Å²) in [5, 5.41) is 5.62. The second kappa shape index (κ2) is 10.0. The van der Waals surface area contributed by atoms with Crippen LogP contribution in [-0.4, -0.2) is 25.2 Å². The van der Waals surface area contributed by atoms with Crippen molar-refractivity contribution in [1.29, 1.82) is 0 Å². The van der Waals surface area contributed by atoms with Crippen molar-refractivity contribution in [3.8, 4) is 11.5 Å². The molecule has 3 rings (SSSR count). The summed E-state index contributed by atoms with van der Waals surface area (Å²) >= 11 is 1.69. The average Bonchev–Trinajstić information content (AvgIpc) is 2.75. The number of rotatable bonds is 7. The van der Waals surface area contributed by atoms with E-state index >= 15 is 0 Å². The first-order chi connectivity index (χ1) is 14.5. The number of aromatic nitrogens is 1. The monoisotopic (exact) mass is 423 g/mol. The van der Waals surface area contributed by atoms with Gasteiger partial charge in [-0.2, -0.15) is 0 Å². The molecule has 6 nitrogen and oxygen atoms in total. The molecule has 0 aliphatic carbocycles. The van der Waals surface area contributed by atoms with Gasteiger partial charge in [0.05, 0.1) is 19.9 Å². The minimum atomic E-state index is -0.299. The van der Waals surface area contributed by atoms with Gasteiger partial charge in [0.15, 0.2) is 0 Å². The number of nitrogens with zero attached hydrogens (tertiary/aromatic N) is 1. The normalized spacial score (nSPS) is 10.4. The van der Waals surface area contributed by atoms with E-state index in [0.717, 1.165) is 44.7 Å². The molecule has 0 spiro atoms. The van der Waals surface area contributed by atoms with Crippen molar-refractivity contribution in [2.75, 3.05) is 24.9 Å². The summed E-state index contributed by atoms with van der Waals surface area (Å²) in [5.41, 5.74) is 4.52. The van der Waals surface area contributed by atoms with Crippen molar-refractivity contribution in [2.24, 2.45) is 0 Å². The van der Waals surface area contributed by atoms with E-state index < -0.39 is 0 Å². The molecule has 0 fully saturated rings. The highest BCUT2D eigenvalue weighted by atomic mass is 32.2. The fourth-order valence-corrected chi connectivity index (χ4v) is 3.89. The number of hydrogen-bond acceptors (Lipinski definition) is 5. The molecule has 0 aliphatic heterocycles. The van der Waals surface area contributed by atoms with E-state index in [0.29, 0.717) is 5.69 Å². The Balaban J connectivity index is 1.55. The maximum absolute atomic E-state index is 12.2. The van der Waals surface area contributed by atoms with Crippen LogP contribution in [0.4, 0.5) is 16.2 Å². The number of aryl methyl sites for hydroxylation is 1. The molecule has 156 valence electrons. The van der Waals surface area contributed by atoms with Crippen LogP contribution in [0.3, 0.4) is 0 Å². The molecule has 0 radical (unpaired) electrons. The number of anilines is 2. The minimum absolute atomic E-state index is 0.299. The zero-order valence-corrected chi connectivity index (χ0v) is 18.3. The Morgan fingerprint density at radius 1 is 0.933 bits per heavy atom. The third-order valence-corrected chi connectivity index (χ3v) is 5.61. The van der Waals surface area contributed by atoms with Crippen molar-refractivity contribution in [3.63, 3.8) is 0 Å². The molecule has 0 saturated carbocycles. The number of pyridine rings is 1. The zero-order valence-electron chi connectivity index (χ0n) is 17.5. The highest BCUT2D eigenvalue weighted by molar-refractivity contribution is 7.98. The lowest BCUT2D eigenvalue weighted by atomic mass is 10.1. The van der Waals surface area contributed by atoms with E-state index in [-0.39, 0.29) is 6.03 Å². The molecule has 2 aromatic carbocycles. The zero-order chi connectivity index (χ0) is 21.5. The molecule has 0 saturated heterocycles. The number of benzene rings is 2. The quantitative estimate of drug-likeness (QED) is 0.480. The Labute approximate surface area is 181 Å². The number of carbonyl (C=O) groups excluding carboxylic acids is 1. The fraction of sp³-hybridized carbons (Fsp3) is 0.217. The summed E-state index contributed by atoms with van der Waals surface area (Å²) in [6.45, 7) is 4.02. The number of hydrogen-bond donors (Lipinski definition) is 2. The SMILES string of the molecule is COc1ccc(NC(=O)Nc2ccc(SCc3ncc(C)c(OC)c3C)cc2)cc1. The summed E-state index contributed by atoms with van der Waals surface area (Å²) in [5.74, 6) is 2.37. The molecule has 1 heterocycles. The first-order valence-corrected chi connectivity index (χ1v) is 10.4. The number of carbonyl (C=O) groups is 1. The van der Waals surface area contributed by atoms with Crippen molar-refractivity contribution in [1.82, 2.24) is 4.98 Å². The van der Waals surface area contributed by atoms with E-state index in [4.69, 9.17) is 9.47 Å². The van der Waals surface area contributed by atoms with Crippen LogP contribution < -0.4 is 20.1 Å². The smallest absolute Gasteiger partial charge is 0.323 e. The molecule has 0 bridgehead atoms. The predicted molar refractivity (Wildman–Crippen MR) is 122 cm³/mol. The van der Waals surface area contributed by atoms with Crippen molar-refractivity contribution in [3.05, 3.63) is 71.5 Å². The number of thioether (sulfide) groups is 1. The van der Waals surface area contributed by atoms with Crippen LogP contribution in [0.2, 0.25) is 0 Å². The predicted octanol–water partition coefficient (Wildman–Crippen LogP) is 5.65. The molecule has 2 N–H and O–H groups in total. The van der Waals surface area contributed by atoms with Crippen molar-refractivity contribution >= 4 is 29.2 Å². The standard InChI is InChI=1S/C23H25N3O3S/c1-15-13-24-21(16(2)22(15)29-4)14-30-20-11-7-18(8-12-20)26-23(27)25-17-5-9-19(28-3)10-6-17/h5-13H,14H2,1-4H3,(H2,25,26,27). The Bertz CT molecular complexity index is 1010. The largest absolute Gasteiger partial charge is 0.497 e. The number of methoxy groups -OCH3 is 2. The van der Waals surface area contributed by atoms with Gasteiger partial charge >= 0.3 is 6.03 Å². The van der Waals surface area contributed by atoms with Gasteiger partial charge in [0.2, 0.25) is 0 Å². The molecule has 30 heavy (non-hydrogen) atoms. The van der Waals surface area contributed by atoms with Crippen molar-refractivity contribution < 1.29 is 14.3 Å². The van der Waals surface area contributed by atoms with Gasteiger partial charge in [-0.1, -0.05) is 0 Å². The molecule has 1 aromatic heterocycles. The lowest BCUT2D eigenvalue weighted by molar-refractivity contribution is 0.262. The second-order valence-electron chi connectivity index (χ2n) is 6.67. The highest BCUT2D eigenvalue weighted by Gasteiger charge is 2.10. The average molecular weight is 424 g/mol. The number of urea groups is 1. The Kier molecular flexibility index (Phi) is 7.19. The lowest BCUT2D eigenvalue weighted by Gasteiger charge is -2.12. The first-order valence-electron chi connectivity index (χ1n) is 9.44. The van der Waals surface area contributed by atoms with E-state index in [9.17, 15) is 4.79 Å². The van der Waals surface area contributed by atoms with Gasteiger partial charge < -0.3 is 20.1 Å². The van der Waals surface area contributed by atoms with Gasteiger partial charge in [0.1, 0.15) is 11.5 Å². The molecule has 0 unspecified atom stereocenters. The maximum atomic E-state index is 12.2. The molecule has 3 aromatic rings. The minimum Gasteiger partial charge on any atom is -0.497 e. The van der Waals surface area contributed by atoms with Crippen LogP contribution in [0.15, 0.2) is 59.6 Å². The molecule has 7 heteroatoms. The number of ether oxygens (including phenoxy) is 2. The maximum Gasteiger partial charge on any atom is 0.323 e. The molecule has 0 aliphatic rings. The second-order valence-corrected chi connectivity index (χ2v) is 7.72. The lowest BCUT2D eigenvalue weighted by Crippen LogP contribution is -2.19. The summed E-state index contributed by atoms with van der Waals surface area (Å²) in [6, 6.07) is 14.6. The number of nitrogens with one attached hydrogen (secondary N) is 2. The topological polar surface area (TPSA) is 72.5 Å². The van der Waals surface area contributed by atoms with Crippen LogP contribution in [0.25, 0.3) is 0 Å². The van der Waals surface area contributed by atoms with Crippen LogP contribution in [0.1, 0.15) is 16.8 Å². The highest BCUT2D eigenvalue weighted by Crippen LogP contribution is 2.29. The van der Waals surface area contributed by atoms with Gasteiger partial charge in [0.25, 0.3) is 0 Å². The van der Waals surface area contributed by atoms with Gasteiger partial charge in [0, 0.05) is 39.3 Å². The first kappa shape index (κ1) is 21.5. The van der Waals surface area contributed by atoms with Gasteiger partial charge in [-0.3, -0.25) is 4.98 Å². The van der Waals surface area contributed by atoms with Gasteiger partial charge in [-0.15, -0.1) is 11.8 Å². The Morgan fingerprint density at radius 3 is 2.10 bits per heavy atom. The summed E-state index contributed by atoms with van der Waals surface area (Å²) in [4.78, 5) is 17.8. The van der Waals surface area contributed by atoms with E-state index in [1.54, 1.807) is 50.2 Å². The Hall–Kier alpha value is -3.19. The molecular weight excluding hydrogens is 398 g/mol. The summed E-state index contributed by atoms with van der Waals surface area (Å²) in [6.07, 6.45) is 1.84. The van der Waals surface area contributed by atoms with E-state index in [1.807, 2.05) is 44.3 Å². The van der Waals surface area contributed by atoms with Crippen molar-refractivity contribution in [2.45, 2.75) is 24.5 Å². The van der Waals surface area contributed by atoms with Gasteiger partial charge in [-0.05, 0) is 62.4 Å². The van der Waals surface area contributed by atoms with Crippen LogP contribution in [0, 0.1) is 13.8 Å². The third-order valence-electron chi connectivity index (χ3n) is 4.59. The van der Waals surface area contributed by atoms with E-state index in [2.05, 4.69) is 15.6 Å². The van der Waals surface area contributed by atoms with Crippen LogP contribution in [-0.2, 0) is 5.75 Å². The molecule has 2 amide bonds.